The number of fused-ring (bicyclic) bond motifs is 1. The molecule has 1 fully saturated rings. The molecule has 2 amide bonds. The molecule has 0 bridgehead atoms. The van der Waals surface area contributed by atoms with Gasteiger partial charge in [-0.05, 0) is 55.0 Å². The predicted molar refractivity (Wildman–Crippen MR) is 97.4 cm³/mol. The van der Waals surface area contributed by atoms with E-state index in [4.69, 9.17) is 0 Å². The molecule has 0 unspecified atom stereocenters. The average Bonchev–Trinajstić information content (AvgIpc) is 3.18. The maximum absolute atomic E-state index is 14.7. The van der Waals surface area contributed by atoms with Gasteiger partial charge in [0.25, 0.3) is 0 Å². The number of carbonyl (C=O) groups excluding carboxylic acids is 1. The van der Waals surface area contributed by atoms with E-state index in [-0.39, 0.29) is 17.5 Å². The fourth-order valence-electron chi connectivity index (χ4n) is 3.82. The van der Waals surface area contributed by atoms with Crippen LogP contribution in [0.15, 0.2) is 30.6 Å². The molecule has 0 saturated carbocycles. The average molecular weight is 357 g/mol. The third kappa shape index (κ3) is 3.58. The molecule has 0 aliphatic carbocycles. The van der Waals surface area contributed by atoms with Crippen molar-refractivity contribution in [1.29, 1.82) is 0 Å². The standard InChI is InChI=1S/C19H24FN5O/c20-18-16-4-8-21-12-15(16)2-3-17(18)23-19(26)24-10-5-14(6-11-24)13-25-9-1-7-22-25/h1-3,7,9,14,21H,4-6,8,10-13H2,(H,23,26). The Morgan fingerprint density at radius 3 is 2.96 bits per heavy atom. The van der Waals surface area contributed by atoms with E-state index in [9.17, 15) is 9.18 Å². The summed E-state index contributed by atoms with van der Waals surface area (Å²) in [7, 11) is 0. The molecular weight excluding hydrogens is 333 g/mol. The van der Waals surface area contributed by atoms with Crippen LogP contribution in [-0.2, 0) is 19.5 Å². The van der Waals surface area contributed by atoms with Crippen molar-refractivity contribution in [1.82, 2.24) is 20.0 Å². The van der Waals surface area contributed by atoms with Gasteiger partial charge in [-0.1, -0.05) is 6.07 Å². The van der Waals surface area contributed by atoms with Crippen LogP contribution in [0.25, 0.3) is 0 Å². The van der Waals surface area contributed by atoms with E-state index in [0.29, 0.717) is 32.0 Å². The second-order valence-corrected chi connectivity index (χ2v) is 7.08. The second kappa shape index (κ2) is 7.45. The molecule has 1 saturated heterocycles. The van der Waals surface area contributed by atoms with Gasteiger partial charge in [0.2, 0.25) is 0 Å². The van der Waals surface area contributed by atoms with Crippen LogP contribution in [0.1, 0.15) is 24.0 Å². The lowest BCUT2D eigenvalue weighted by Gasteiger charge is -2.32. The van der Waals surface area contributed by atoms with E-state index in [2.05, 4.69) is 15.7 Å². The summed E-state index contributed by atoms with van der Waals surface area (Å²) in [6.45, 7) is 3.72. The Labute approximate surface area is 152 Å². The van der Waals surface area contributed by atoms with Gasteiger partial charge in [0.05, 0.1) is 5.69 Å². The zero-order valence-electron chi connectivity index (χ0n) is 14.7. The molecule has 26 heavy (non-hydrogen) atoms. The molecule has 2 aromatic rings. The molecule has 3 heterocycles. The number of nitrogens with zero attached hydrogens (tertiary/aromatic N) is 3. The first kappa shape index (κ1) is 17.0. The SMILES string of the molecule is O=C(Nc1ccc2c(c1F)CCNC2)N1CCC(Cn2cccn2)CC1. The number of rotatable bonds is 3. The van der Waals surface area contributed by atoms with E-state index in [0.717, 1.165) is 37.1 Å². The summed E-state index contributed by atoms with van der Waals surface area (Å²) in [5, 5.41) is 10.2. The zero-order valence-corrected chi connectivity index (χ0v) is 14.7. The molecule has 2 aliphatic heterocycles. The Hall–Kier alpha value is -2.41. The van der Waals surface area contributed by atoms with Crippen LogP contribution < -0.4 is 10.6 Å². The Morgan fingerprint density at radius 1 is 1.35 bits per heavy atom. The minimum atomic E-state index is -0.286. The molecule has 1 aromatic heterocycles. The summed E-state index contributed by atoms with van der Waals surface area (Å²) < 4.78 is 16.6. The van der Waals surface area contributed by atoms with E-state index in [1.54, 1.807) is 17.2 Å². The predicted octanol–water partition coefficient (Wildman–Crippen LogP) is 2.61. The van der Waals surface area contributed by atoms with Crippen LogP contribution in [-0.4, -0.2) is 40.3 Å². The molecular formula is C19H24FN5O. The first-order chi connectivity index (χ1) is 12.7. The fourth-order valence-corrected chi connectivity index (χ4v) is 3.82. The highest BCUT2D eigenvalue weighted by Gasteiger charge is 2.24. The number of hydrogen-bond acceptors (Lipinski definition) is 3. The van der Waals surface area contributed by atoms with Crippen LogP contribution in [0.4, 0.5) is 14.9 Å². The third-order valence-corrected chi connectivity index (χ3v) is 5.36. The lowest BCUT2D eigenvalue weighted by Crippen LogP contribution is -2.42. The van der Waals surface area contributed by atoms with Crippen molar-refractivity contribution in [3.63, 3.8) is 0 Å². The van der Waals surface area contributed by atoms with E-state index < -0.39 is 0 Å². The van der Waals surface area contributed by atoms with Crippen molar-refractivity contribution in [2.24, 2.45) is 5.92 Å². The number of nitrogens with one attached hydrogen (secondary N) is 2. The number of aromatic nitrogens is 2. The normalized spacial score (nSPS) is 17.8. The lowest BCUT2D eigenvalue weighted by atomic mass is 9.97. The van der Waals surface area contributed by atoms with E-state index in [1.807, 2.05) is 23.0 Å². The summed E-state index contributed by atoms with van der Waals surface area (Å²) in [4.78, 5) is 14.3. The smallest absolute Gasteiger partial charge is 0.321 e. The Kier molecular flexibility index (Phi) is 4.88. The Balaban J connectivity index is 1.34. The number of halogens is 1. The van der Waals surface area contributed by atoms with Gasteiger partial charge in [-0.25, -0.2) is 9.18 Å². The van der Waals surface area contributed by atoms with Crippen molar-refractivity contribution in [2.75, 3.05) is 25.0 Å². The molecule has 2 N–H and O–H groups in total. The molecule has 0 spiro atoms. The summed E-state index contributed by atoms with van der Waals surface area (Å²) >= 11 is 0. The molecule has 4 rings (SSSR count). The van der Waals surface area contributed by atoms with Gasteiger partial charge in [0, 0.05) is 38.6 Å². The molecule has 0 atom stereocenters. The van der Waals surface area contributed by atoms with Gasteiger partial charge < -0.3 is 15.5 Å². The van der Waals surface area contributed by atoms with Crippen LogP contribution in [0, 0.1) is 11.7 Å². The summed E-state index contributed by atoms with van der Waals surface area (Å²) in [5.41, 5.74) is 1.99. The number of benzene rings is 1. The van der Waals surface area contributed by atoms with Crippen molar-refractivity contribution < 1.29 is 9.18 Å². The van der Waals surface area contributed by atoms with Crippen molar-refractivity contribution in [2.45, 2.75) is 32.4 Å². The fraction of sp³-hybridized carbons (Fsp3) is 0.474. The maximum Gasteiger partial charge on any atom is 0.321 e. The number of anilines is 1. The Bertz CT molecular complexity index is 768. The van der Waals surface area contributed by atoms with Crippen LogP contribution in [0.3, 0.4) is 0 Å². The van der Waals surface area contributed by atoms with Crippen molar-refractivity contribution in [3.05, 3.63) is 47.5 Å². The number of piperidine rings is 1. The quantitative estimate of drug-likeness (QED) is 0.888. The lowest BCUT2D eigenvalue weighted by molar-refractivity contribution is 0.175. The highest BCUT2D eigenvalue weighted by atomic mass is 19.1. The number of carbonyl (C=O) groups is 1. The van der Waals surface area contributed by atoms with Crippen LogP contribution in [0.5, 0.6) is 0 Å². The molecule has 138 valence electrons. The number of urea groups is 1. The van der Waals surface area contributed by atoms with Crippen molar-refractivity contribution in [3.8, 4) is 0 Å². The van der Waals surface area contributed by atoms with E-state index >= 15 is 0 Å². The first-order valence-electron chi connectivity index (χ1n) is 9.25. The maximum atomic E-state index is 14.7. The van der Waals surface area contributed by atoms with Gasteiger partial charge in [-0.3, -0.25) is 4.68 Å². The number of hydrogen-bond donors (Lipinski definition) is 2. The Morgan fingerprint density at radius 2 is 2.19 bits per heavy atom. The van der Waals surface area contributed by atoms with Gasteiger partial charge >= 0.3 is 6.03 Å². The van der Waals surface area contributed by atoms with Crippen LogP contribution >= 0.6 is 0 Å². The zero-order chi connectivity index (χ0) is 17.9. The molecule has 7 heteroatoms. The van der Waals surface area contributed by atoms with Gasteiger partial charge in [0.15, 0.2) is 0 Å². The monoisotopic (exact) mass is 357 g/mol. The third-order valence-electron chi connectivity index (χ3n) is 5.36. The minimum absolute atomic E-state index is 0.213. The number of amides is 2. The highest BCUT2D eigenvalue weighted by Crippen LogP contribution is 2.25. The topological polar surface area (TPSA) is 62.2 Å². The van der Waals surface area contributed by atoms with Crippen LogP contribution in [0.2, 0.25) is 0 Å². The molecule has 1 aromatic carbocycles. The largest absolute Gasteiger partial charge is 0.325 e. The van der Waals surface area contributed by atoms with Gasteiger partial charge in [-0.2, -0.15) is 5.10 Å². The molecule has 2 aliphatic rings. The molecule has 0 radical (unpaired) electrons. The summed E-state index contributed by atoms with van der Waals surface area (Å²) in [6, 6.07) is 5.28. The summed E-state index contributed by atoms with van der Waals surface area (Å²) in [5.74, 6) is 0.234. The number of likely N-dealkylation sites (tertiary alicyclic amines) is 1. The van der Waals surface area contributed by atoms with Gasteiger partial charge in [0.1, 0.15) is 5.82 Å². The minimum Gasteiger partial charge on any atom is -0.325 e. The van der Waals surface area contributed by atoms with Gasteiger partial charge in [-0.15, -0.1) is 0 Å². The summed E-state index contributed by atoms with van der Waals surface area (Å²) in [6.07, 6.45) is 6.28. The van der Waals surface area contributed by atoms with E-state index in [1.165, 1.54) is 0 Å². The second-order valence-electron chi connectivity index (χ2n) is 7.08. The highest BCUT2D eigenvalue weighted by molar-refractivity contribution is 5.89. The molecule has 6 nitrogen and oxygen atoms in total. The van der Waals surface area contributed by atoms with Crippen molar-refractivity contribution >= 4 is 11.7 Å². The first-order valence-corrected chi connectivity index (χ1v) is 9.25.